The van der Waals surface area contributed by atoms with Gasteiger partial charge in [-0.25, -0.2) is 5.01 Å². The first kappa shape index (κ1) is 22.0. The molecule has 1 aliphatic rings. The summed E-state index contributed by atoms with van der Waals surface area (Å²) in [7, 11) is 0. The Hall–Kier alpha value is -3.26. The molecule has 2 heterocycles. The minimum absolute atomic E-state index is 0.143. The highest BCUT2D eigenvalue weighted by Crippen LogP contribution is 2.25. The molecule has 4 rings (SSSR count). The van der Waals surface area contributed by atoms with Crippen molar-refractivity contribution in [2.45, 2.75) is 38.6 Å². The molecule has 0 bridgehead atoms. The Morgan fingerprint density at radius 2 is 1.94 bits per heavy atom. The van der Waals surface area contributed by atoms with E-state index in [0.717, 1.165) is 32.2 Å². The second kappa shape index (κ2) is 9.08. The number of fused-ring (bicyclic) bond motifs is 1. The lowest BCUT2D eigenvalue weighted by Gasteiger charge is -2.21. The maximum atomic E-state index is 12.8. The number of amides is 1. The molecule has 7 nitrogen and oxygen atoms in total. The average molecular weight is 496 g/mol. The Morgan fingerprint density at radius 1 is 1.19 bits per heavy atom. The summed E-state index contributed by atoms with van der Waals surface area (Å²) in [5.41, 5.74) is 3.78. The van der Waals surface area contributed by atoms with Gasteiger partial charge >= 0.3 is 5.97 Å². The molecule has 0 fully saturated rings. The SMILES string of the molecule is Cc1cccc2cc(CC3CC(c4ccc(Br)cc4)=NN3C(=O)CCC(=O)O)c(=O)[nH]c12. The van der Waals surface area contributed by atoms with Gasteiger partial charge in [-0.3, -0.25) is 14.4 Å². The number of pyridine rings is 1. The summed E-state index contributed by atoms with van der Waals surface area (Å²) in [6.07, 6.45) is 0.393. The summed E-state index contributed by atoms with van der Waals surface area (Å²) in [5.74, 6) is -1.40. The number of carboxylic acids is 1. The number of halogens is 1. The van der Waals surface area contributed by atoms with Crippen LogP contribution >= 0.6 is 15.9 Å². The second-order valence-electron chi connectivity index (χ2n) is 7.91. The first-order chi connectivity index (χ1) is 15.3. The number of hydrogen-bond acceptors (Lipinski definition) is 4. The van der Waals surface area contributed by atoms with Gasteiger partial charge in [0.1, 0.15) is 0 Å². The number of aryl methyl sites for hydroxylation is 1. The molecular formula is C24H22BrN3O4. The fraction of sp³-hybridized carbons (Fsp3) is 0.250. The number of rotatable bonds is 6. The van der Waals surface area contributed by atoms with E-state index < -0.39 is 5.97 Å². The maximum absolute atomic E-state index is 12.8. The number of nitrogens with one attached hydrogen (secondary N) is 1. The minimum atomic E-state index is -1.03. The Morgan fingerprint density at radius 3 is 2.66 bits per heavy atom. The molecule has 2 N–H and O–H groups in total. The van der Waals surface area contributed by atoms with Crippen LogP contribution in [0.2, 0.25) is 0 Å². The van der Waals surface area contributed by atoms with Gasteiger partial charge in [0.2, 0.25) is 5.91 Å². The summed E-state index contributed by atoms with van der Waals surface area (Å²) in [5, 5.41) is 15.8. The number of para-hydroxylation sites is 1. The molecule has 0 aliphatic carbocycles. The van der Waals surface area contributed by atoms with E-state index >= 15 is 0 Å². The summed E-state index contributed by atoms with van der Waals surface area (Å²) < 4.78 is 0.934. The smallest absolute Gasteiger partial charge is 0.303 e. The monoisotopic (exact) mass is 495 g/mol. The van der Waals surface area contributed by atoms with Gasteiger partial charge in [0, 0.05) is 29.3 Å². The van der Waals surface area contributed by atoms with Crippen molar-refractivity contribution in [2.75, 3.05) is 0 Å². The topological polar surface area (TPSA) is 103 Å². The molecular weight excluding hydrogens is 474 g/mol. The molecule has 1 atom stereocenters. The summed E-state index contributed by atoms with van der Waals surface area (Å²) >= 11 is 3.41. The fourth-order valence-corrected chi connectivity index (χ4v) is 4.22. The normalized spacial score (nSPS) is 15.8. The standard InChI is InChI=1S/C24H22BrN3O4/c1-14-3-2-4-16-11-17(24(32)26-23(14)16)12-19-13-20(15-5-7-18(25)8-6-15)27-28(19)21(29)9-10-22(30)31/h2-8,11,19H,9-10,12-13H2,1H3,(H,26,32)(H,30,31). The van der Waals surface area contributed by atoms with Gasteiger partial charge in [-0.1, -0.05) is 46.3 Å². The van der Waals surface area contributed by atoms with Crippen molar-refractivity contribution in [3.05, 3.63) is 80.0 Å². The van der Waals surface area contributed by atoms with Gasteiger partial charge in [0.15, 0.2) is 0 Å². The van der Waals surface area contributed by atoms with Gasteiger partial charge in [-0.05, 0) is 41.6 Å². The van der Waals surface area contributed by atoms with Crippen molar-refractivity contribution in [1.82, 2.24) is 9.99 Å². The van der Waals surface area contributed by atoms with Crippen LogP contribution in [-0.2, 0) is 16.0 Å². The zero-order chi connectivity index (χ0) is 22.8. The molecule has 0 spiro atoms. The van der Waals surface area contributed by atoms with E-state index in [0.29, 0.717) is 18.4 Å². The number of aliphatic carboxylic acids is 1. The number of benzene rings is 2. The Kier molecular flexibility index (Phi) is 6.23. The van der Waals surface area contributed by atoms with E-state index in [1.54, 1.807) is 0 Å². The molecule has 0 radical (unpaired) electrons. The number of carbonyl (C=O) groups excluding carboxylic acids is 1. The van der Waals surface area contributed by atoms with E-state index in [1.165, 1.54) is 5.01 Å². The van der Waals surface area contributed by atoms with Crippen LogP contribution in [0.1, 0.15) is 36.0 Å². The number of carboxylic acid groups (broad SMARTS) is 1. The molecule has 1 aliphatic heterocycles. The third kappa shape index (κ3) is 4.65. The Bertz CT molecular complexity index is 1280. The van der Waals surface area contributed by atoms with Crippen LogP contribution in [0.4, 0.5) is 0 Å². The quantitative estimate of drug-likeness (QED) is 0.538. The highest BCUT2D eigenvalue weighted by Gasteiger charge is 2.32. The second-order valence-corrected chi connectivity index (χ2v) is 8.83. The molecule has 32 heavy (non-hydrogen) atoms. The van der Waals surface area contributed by atoms with E-state index in [4.69, 9.17) is 5.11 Å². The van der Waals surface area contributed by atoms with Gasteiger partial charge in [-0.2, -0.15) is 5.10 Å². The molecule has 0 saturated carbocycles. The highest BCUT2D eigenvalue weighted by molar-refractivity contribution is 9.10. The van der Waals surface area contributed by atoms with Crippen molar-refractivity contribution in [3.8, 4) is 0 Å². The number of H-pyrrole nitrogens is 1. The number of hydrazone groups is 1. The van der Waals surface area contributed by atoms with E-state index in [9.17, 15) is 14.4 Å². The molecule has 0 saturated heterocycles. The van der Waals surface area contributed by atoms with Crippen LogP contribution < -0.4 is 5.56 Å². The van der Waals surface area contributed by atoms with E-state index in [-0.39, 0.29) is 30.3 Å². The van der Waals surface area contributed by atoms with E-state index in [2.05, 4.69) is 26.0 Å². The van der Waals surface area contributed by atoms with Crippen LogP contribution in [-0.4, -0.2) is 38.7 Å². The van der Waals surface area contributed by atoms with Crippen LogP contribution in [0.5, 0.6) is 0 Å². The molecule has 164 valence electrons. The predicted molar refractivity (Wildman–Crippen MR) is 126 cm³/mol. The Balaban J connectivity index is 1.65. The minimum Gasteiger partial charge on any atom is -0.481 e. The Labute approximate surface area is 192 Å². The third-order valence-electron chi connectivity index (χ3n) is 5.61. The lowest BCUT2D eigenvalue weighted by Crippen LogP contribution is -2.35. The van der Waals surface area contributed by atoms with Crippen LogP contribution in [0.25, 0.3) is 10.9 Å². The predicted octanol–water partition coefficient (Wildman–Crippen LogP) is 4.01. The highest BCUT2D eigenvalue weighted by atomic mass is 79.9. The van der Waals surface area contributed by atoms with Gasteiger partial charge < -0.3 is 10.1 Å². The zero-order valence-corrected chi connectivity index (χ0v) is 19.1. The zero-order valence-electron chi connectivity index (χ0n) is 17.5. The first-order valence-electron chi connectivity index (χ1n) is 10.3. The number of hydrogen-bond donors (Lipinski definition) is 2. The first-order valence-corrected chi connectivity index (χ1v) is 11.1. The number of nitrogens with zero attached hydrogens (tertiary/aromatic N) is 2. The van der Waals surface area contributed by atoms with Crippen LogP contribution in [0.3, 0.4) is 0 Å². The lowest BCUT2D eigenvalue weighted by atomic mass is 9.98. The van der Waals surface area contributed by atoms with Crippen molar-refractivity contribution >= 4 is 44.4 Å². The van der Waals surface area contributed by atoms with Crippen molar-refractivity contribution in [3.63, 3.8) is 0 Å². The number of aromatic amines is 1. The van der Waals surface area contributed by atoms with Crippen molar-refractivity contribution in [1.29, 1.82) is 0 Å². The van der Waals surface area contributed by atoms with Crippen molar-refractivity contribution < 1.29 is 14.7 Å². The maximum Gasteiger partial charge on any atom is 0.303 e. The molecule has 2 aromatic carbocycles. The molecule has 8 heteroatoms. The average Bonchev–Trinajstić information content (AvgIpc) is 3.17. The summed E-state index contributed by atoms with van der Waals surface area (Å²) in [6, 6.07) is 14.9. The molecule has 1 unspecified atom stereocenters. The number of carbonyl (C=O) groups is 2. The largest absolute Gasteiger partial charge is 0.481 e. The van der Waals surface area contributed by atoms with Crippen LogP contribution in [0, 0.1) is 6.92 Å². The van der Waals surface area contributed by atoms with E-state index in [1.807, 2.05) is 55.5 Å². The van der Waals surface area contributed by atoms with Gasteiger partial charge in [-0.15, -0.1) is 0 Å². The molecule has 3 aromatic rings. The van der Waals surface area contributed by atoms with Gasteiger partial charge in [0.25, 0.3) is 5.56 Å². The number of aromatic nitrogens is 1. The molecule has 1 aromatic heterocycles. The third-order valence-corrected chi connectivity index (χ3v) is 6.14. The lowest BCUT2D eigenvalue weighted by molar-refractivity contribution is -0.141. The summed E-state index contributed by atoms with van der Waals surface area (Å²) in [4.78, 5) is 39.5. The van der Waals surface area contributed by atoms with Crippen molar-refractivity contribution in [2.24, 2.45) is 5.10 Å². The summed E-state index contributed by atoms with van der Waals surface area (Å²) in [6.45, 7) is 1.94. The fourth-order valence-electron chi connectivity index (χ4n) is 3.96. The van der Waals surface area contributed by atoms with Gasteiger partial charge in [0.05, 0.1) is 23.7 Å². The van der Waals surface area contributed by atoms with Crippen LogP contribution in [0.15, 0.2) is 62.9 Å². The molecule has 1 amide bonds.